The summed E-state index contributed by atoms with van der Waals surface area (Å²) in [6, 6.07) is 1.72. The van der Waals surface area contributed by atoms with Crippen LogP contribution in [0.4, 0.5) is 5.82 Å². The quantitative estimate of drug-likeness (QED) is 0.615. The standard InChI is InChI=1S/C7H6BrIN2O2/c1-13-7(12)5-3(8)2-4(9)6(10)11-5/h2H,1H3,(H2,10,11). The Morgan fingerprint density at radius 1 is 1.77 bits per heavy atom. The number of nitrogens with zero attached hydrogens (tertiary/aromatic N) is 1. The predicted octanol–water partition coefficient (Wildman–Crippen LogP) is 1.82. The Labute approximate surface area is 97.1 Å². The maximum atomic E-state index is 11.1. The fourth-order valence-electron chi connectivity index (χ4n) is 0.721. The van der Waals surface area contributed by atoms with Crippen molar-refractivity contribution >= 4 is 50.3 Å². The molecule has 1 rings (SSSR count). The molecule has 70 valence electrons. The first-order valence-corrected chi connectivity index (χ1v) is 5.13. The fourth-order valence-corrected chi connectivity index (χ4v) is 2.06. The number of aromatic nitrogens is 1. The van der Waals surface area contributed by atoms with Crippen molar-refractivity contribution in [3.8, 4) is 0 Å². The normalized spacial score (nSPS) is 9.77. The minimum absolute atomic E-state index is 0.195. The molecule has 0 saturated heterocycles. The number of nitrogens with two attached hydrogens (primary N) is 1. The number of hydrogen-bond donors (Lipinski definition) is 1. The van der Waals surface area contributed by atoms with Gasteiger partial charge in [-0.2, -0.15) is 0 Å². The molecular formula is C7H6BrIN2O2. The van der Waals surface area contributed by atoms with Crippen LogP contribution >= 0.6 is 38.5 Å². The van der Waals surface area contributed by atoms with Gasteiger partial charge in [0, 0.05) is 0 Å². The highest BCUT2D eigenvalue weighted by molar-refractivity contribution is 14.1. The first-order valence-electron chi connectivity index (χ1n) is 3.26. The van der Waals surface area contributed by atoms with Gasteiger partial charge in [0.2, 0.25) is 0 Å². The van der Waals surface area contributed by atoms with Crippen LogP contribution in [0.3, 0.4) is 0 Å². The van der Waals surface area contributed by atoms with E-state index in [1.54, 1.807) is 6.07 Å². The highest BCUT2D eigenvalue weighted by Gasteiger charge is 2.14. The van der Waals surface area contributed by atoms with Gasteiger partial charge in [-0.05, 0) is 44.6 Å². The summed E-state index contributed by atoms with van der Waals surface area (Å²) in [5, 5.41) is 0. The van der Waals surface area contributed by atoms with E-state index in [2.05, 4.69) is 25.7 Å². The van der Waals surface area contributed by atoms with Crippen LogP contribution in [0.1, 0.15) is 10.5 Å². The Balaban J connectivity index is 3.23. The molecule has 0 amide bonds. The van der Waals surface area contributed by atoms with Crippen molar-refractivity contribution in [3.63, 3.8) is 0 Å². The van der Waals surface area contributed by atoms with Crippen LogP contribution < -0.4 is 5.73 Å². The number of carbonyl (C=O) groups excluding carboxylic acids is 1. The topological polar surface area (TPSA) is 65.2 Å². The second-order valence-electron chi connectivity index (χ2n) is 2.18. The number of nitrogen functional groups attached to an aromatic ring is 1. The van der Waals surface area contributed by atoms with Crippen molar-refractivity contribution in [1.29, 1.82) is 0 Å². The van der Waals surface area contributed by atoms with Gasteiger partial charge in [0.1, 0.15) is 5.82 Å². The van der Waals surface area contributed by atoms with Crippen molar-refractivity contribution in [2.75, 3.05) is 12.8 Å². The zero-order chi connectivity index (χ0) is 10.0. The molecular weight excluding hydrogens is 351 g/mol. The molecule has 1 heterocycles. The maximum Gasteiger partial charge on any atom is 0.357 e. The molecule has 6 heteroatoms. The van der Waals surface area contributed by atoms with E-state index >= 15 is 0 Å². The summed E-state index contributed by atoms with van der Waals surface area (Å²) in [4.78, 5) is 15.0. The Morgan fingerprint density at radius 3 is 2.92 bits per heavy atom. The molecule has 0 aliphatic carbocycles. The van der Waals surface area contributed by atoms with E-state index in [0.717, 1.165) is 3.57 Å². The Kier molecular flexibility index (Phi) is 3.48. The number of hydrogen-bond acceptors (Lipinski definition) is 4. The molecule has 13 heavy (non-hydrogen) atoms. The summed E-state index contributed by atoms with van der Waals surface area (Å²) < 4.78 is 5.89. The molecule has 0 radical (unpaired) electrons. The van der Waals surface area contributed by atoms with Gasteiger partial charge >= 0.3 is 5.97 Å². The Morgan fingerprint density at radius 2 is 2.38 bits per heavy atom. The largest absolute Gasteiger partial charge is 0.464 e. The molecule has 0 aliphatic heterocycles. The van der Waals surface area contributed by atoms with Gasteiger partial charge in [0.25, 0.3) is 0 Å². The number of pyridine rings is 1. The van der Waals surface area contributed by atoms with Crippen molar-refractivity contribution in [2.45, 2.75) is 0 Å². The van der Waals surface area contributed by atoms with Crippen LogP contribution in [0.2, 0.25) is 0 Å². The van der Waals surface area contributed by atoms with E-state index in [9.17, 15) is 4.79 Å². The number of esters is 1. The van der Waals surface area contributed by atoms with E-state index < -0.39 is 5.97 Å². The van der Waals surface area contributed by atoms with Gasteiger partial charge < -0.3 is 10.5 Å². The number of ether oxygens (including phenoxy) is 1. The average Bonchev–Trinajstić information content (AvgIpc) is 2.10. The first-order chi connectivity index (χ1) is 6.06. The molecule has 0 saturated carbocycles. The van der Waals surface area contributed by atoms with E-state index in [1.807, 2.05) is 22.6 Å². The monoisotopic (exact) mass is 356 g/mol. The van der Waals surface area contributed by atoms with Crippen molar-refractivity contribution < 1.29 is 9.53 Å². The smallest absolute Gasteiger partial charge is 0.357 e. The number of carbonyl (C=O) groups is 1. The molecule has 1 aromatic heterocycles. The third-order valence-corrected chi connectivity index (χ3v) is 2.80. The minimum Gasteiger partial charge on any atom is -0.464 e. The molecule has 0 spiro atoms. The summed E-state index contributed by atoms with van der Waals surface area (Å²) in [5.41, 5.74) is 5.73. The first kappa shape index (κ1) is 10.7. The predicted molar refractivity (Wildman–Crippen MR) is 60.4 cm³/mol. The number of anilines is 1. The number of halogens is 2. The molecule has 1 aromatic rings. The van der Waals surface area contributed by atoms with Crippen LogP contribution in [0.5, 0.6) is 0 Å². The van der Waals surface area contributed by atoms with Crippen LogP contribution in [0, 0.1) is 3.57 Å². The lowest BCUT2D eigenvalue weighted by atomic mass is 10.3. The van der Waals surface area contributed by atoms with Gasteiger partial charge in [-0.15, -0.1) is 0 Å². The molecule has 0 unspecified atom stereocenters. The second-order valence-corrected chi connectivity index (χ2v) is 4.19. The summed E-state index contributed by atoms with van der Waals surface area (Å²) in [7, 11) is 1.30. The average molecular weight is 357 g/mol. The number of rotatable bonds is 1. The third-order valence-electron chi connectivity index (χ3n) is 1.34. The van der Waals surface area contributed by atoms with Gasteiger partial charge in [-0.25, -0.2) is 9.78 Å². The van der Waals surface area contributed by atoms with Gasteiger partial charge in [0.15, 0.2) is 5.69 Å². The third kappa shape index (κ3) is 2.31. The fraction of sp³-hybridized carbons (Fsp3) is 0.143. The van der Waals surface area contributed by atoms with Gasteiger partial charge in [0.05, 0.1) is 15.2 Å². The lowest BCUT2D eigenvalue weighted by molar-refractivity contribution is 0.0593. The van der Waals surface area contributed by atoms with Gasteiger partial charge in [-0.1, -0.05) is 0 Å². The van der Waals surface area contributed by atoms with Crippen LogP contribution in [-0.4, -0.2) is 18.1 Å². The van der Waals surface area contributed by atoms with Crippen LogP contribution in [0.15, 0.2) is 10.5 Å². The molecule has 0 bridgehead atoms. The zero-order valence-electron chi connectivity index (χ0n) is 6.67. The zero-order valence-corrected chi connectivity index (χ0v) is 10.4. The van der Waals surface area contributed by atoms with E-state index in [0.29, 0.717) is 10.3 Å². The molecule has 0 aromatic carbocycles. The van der Waals surface area contributed by atoms with Crippen molar-refractivity contribution in [1.82, 2.24) is 4.98 Å². The minimum atomic E-state index is -0.505. The second kappa shape index (κ2) is 4.23. The molecule has 0 aliphatic rings. The van der Waals surface area contributed by atoms with Crippen LogP contribution in [-0.2, 0) is 4.74 Å². The molecule has 0 fully saturated rings. The molecule has 4 nitrogen and oxygen atoms in total. The Bertz CT molecular complexity index is 357. The SMILES string of the molecule is COC(=O)c1nc(N)c(I)cc1Br. The summed E-state index contributed by atoms with van der Waals surface area (Å²) >= 11 is 5.23. The van der Waals surface area contributed by atoms with Crippen molar-refractivity contribution in [3.05, 3.63) is 19.8 Å². The van der Waals surface area contributed by atoms with E-state index in [-0.39, 0.29) is 5.69 Å². The Hall–Kier alpha value is -0.370. The highest BCUT2D eigenvalue weighted by atomic mass is 127. The summed E-state index contributed by atoms with van der Waals surface area (Å²) in [6.45, 7) is 0. The molecule has 0 atom stereocenters. The highest BCUT2D eigenvalue weighted by Crippen LogP contribution is 2.22. The van der Waals surface area contributed by atoms with E-state index in [4.69, 9.17) is 5.73 Å². The van der Waals surface area contributed by atoms with Crippen LogP contribution in [0.25, 0.3) is 0 Å². The van der Waals surface area contributed by atoms with Gasteiger partial charge in [-0.3, -0.25) is 0 Å². The van der Waals surface area contributed by atoms with E-state index in [1.165, 1.54) is 7.11 Å². The lowest BCUT2D eigenvalue weighted by Crippen LogP contribution is -2.08. The summed E-state index contributed by atoms with van der Waals surface area (Å²) in [5.74, 6) is -0.181. The number of methoxy groups -OCH3 is 1. The maximum absolute atomic E-state index is 11.1. The molecule has 2 N–H and O–H groups in total. The summed E-state index contributed by atoms with van der Waals surface area (Å²) in [6.07, 6.45) is 0. The lowest BCUT2D eigenvalue weighted by Gasteiger charge is -2.03. The van der Waals surface area contributed by atoms with Crippen molar-refractivity contribution in [2.24, 2.45) is 0 Å².